The van der Waals surface area contributed by atoms with Gasteiger partial charge in [0.25, 0.3) is 0 Å². The molecule has 0 heterocycles. The molecule has 0 amide bonds. The highest BCUT2D eigenvalue weighted by atomic mass is 32.2. The van der Waals surface area contributed by atoms with Crippen molar-refractivity contribution in [2.24, 2.45) is 0 Å². The lowest BCUT2D eigenvalue weighted by molar-refractivity contribution is -0.0327. The summed E-state index contributed by atoms with van der Waals surface area (Å²) in [5.41, 5.74) is -4.18. The molecule has 0 aliphatic rings. The van der Waals surface area contributed by atoms with Gasteiger partial charge in [-0.1, -0.05) is 0 Å². The van der Waals surface area contributed by atoms with E-state index in [1.165, 1.54) is 0 Å². The maximum Gasteiger partial charge on any atom is 0.441 e. The molecule has 9 heteroatoms. The number of sulfonamides is 1. The van der Waals surface area contributed by atoms with Gasteiger partial charge in [-0.15, -0.1) is 0 Å². The third-order valence-electron chi connectivity index (χ3n) is 1.44. The topological polar surface area (TPSA) is 58.2 Å². The molecule has 0 aliphatic carbocycles. The third-order valence-corrected chi connectivity index (χ3v) is 2.90. The van der Waals surface area contributed by atoms with E-state index in [-0.39, 0.29) is 30.6 Å². The van der Waals surface area contributed by atoms with E-state index in [1.807, 2.05) is 0 Å². The van der Waals surface area contributed by atoms with Crippen molar-refractivity contribution in [3.63, 3.8) is 0 Å². The van der Waals surface area contributed by atoms with Crippen molar-refractivity contribution in [2.75, 3.05) is 31.6 Å². The average molecular weight is 280 g/mol. The summed E-state index contributed by atoms with van der Waals surface area (Å²) >= 11 is -0.0724. The van der Waals surface area contributed by atoms with Crippen LogP contribution in [0.4, 0.5) is 13.2 Å². The largest absolute Gasteiger partial charge is 0.441 e. The van der Waals surface area contributed by atoms with Gasteiger partial charge in [-0.3, -0.25) is 0 Å². The highest BCUT2D eigenvalue weighted by Crippen LogP contribution is 2.29. The summed E-state index contributed by atoms with van der Waals surface area (Å²) in [6.07, 6.45) is 1.60. The molecule has 0 unspecified atom stereocenters. The molecule has 0 radical (unpaired) electrons. The first-order valence-corrected chi connectivity index (χ1v) is 7.44. The first-order chi connectivity index (χ1) is 7.21. The molecule has 0 aromatic carbocycles. The standard InChI is InChI=1S/C7H15F3N2O2S2/c1-16(13,14)12-4-2-3-11-5-6-15-7(8,9)10/h11-12H,2-6H2,1H3. The molecule has 0 aromatic heterocycles. The minimum Gasteiger partial charge on any atom is -0.316 e. The number of rotatable bonds is 8. The molecule has 0 saturated heterocycles. The SMILES string of the molecule is CS(=O)(=O)NCCCNCCSC(F)(F)F. The van der Waals surface area contributed by atoms with E-state index < -0.39 is 15.5 Å². The maximum absolute atomic E-state index is 11.7. The molecule has 4 nitrogen and oxygen atoms in total. The summed E-state index contributed by atoms with van der Waals surface area (Å²) in [5, 5.41) is 2.79. The number of hydrogen-bond donors (Lipinski definition) is 2. The Bertz CT molecular complexity index is 280. The molecule has 0 spiro atoms. The Kier molecular flexibility index (Phi) is 7.36. The molecule has 0 saturated carbocycles. The lowest BCUT2D eigenvalue weighted by Gasteiger charge is -2.06. The predicted octanol–water partition coefficient (Wildman–Crippen LogP) is 0.768. The van der Waals surface area contributed by atoms with Crippen LogP contribution in [0, 0.1) is 0 Å². The minimum atomic E-state index is -4.18. The second-order valence-corrected chi connectivity index (χ2v) is 6.06. The molecule has 2 N–H and O–H groups in total. The van der Waals surface area contributed by atoms with Gasteiger partial charge in [-0.2, -0.15) is 13.2 Å². The Labute approximate surface area is 97.4 Å². The number of hydrogen-bond acceptors (Lipinski definition) is 4. The van der Waals surface area contributed by atoms with Crippen LogP contribution in [-0.4, -0.2) is 45.6 Å². The zero-order valence-corrected chi connectivity index (χ0v) is 10.4. The number of halogens is 3. The Morgan fingerprint density at radius 2 is 1.81 bits per heavy atom. The summed E-state index contributed by atoms with van der Waals surface area (Å²) in [6.45, 7) is 1.03. The summed E-state index contributed by atoms with van der Waals surface area (Å²) in [6, 6.07) is 0. The van der Waals surface area contributed by atoms with Crippen LogP contribution in [0.5, 0.6) is 0 Å². The first-order valence-electron chi connectivity index (χ1n) is 4.57. The lowest BCUT2D eigenvalue weighted by Crippen LogP contribution is -2.27. The van der Waals surface area contributed by atoms with E-state index in [9.17, 15) is 21.6 Å². The van der Waals surface area contributed by atoms with Crippen LogP contribution in [0.1, 0.15) is 6.42 Å². The van der Waals surface area contributed by atoms with E-state index in [4.69, 9.17) is 0 Å². The van der Waals surface area contributed by atoms with Gasteiger partial charge in [0.1, 0.15) is 0 Å². The van der Waals surface area contributed by atoms with Gasteiger partial charge in [0.2, 0.25) is 10.0 Å². The fourth-order valence-corrected chi connectivity index (χ4v) is 1.83. The van der Waals surface area contributed by atoms with E-state index in [0.717, 1.165) is 6.26 Å². The predicted molar refractivity (Wildman–Crippen MR) is 58.8 cm³/mol. The number of alkyl halides is 3. The zero-order valence-electron chi connectivity index (χ0n) is 8.80. The molecular formula is C7H15F3N2O2S2. The highest BCUT2D eigenvalue weighted by molar-refractivity contribution is 8.00. The van der Waals surface area contributed by atoms with Crippen LogP contribution >= 0.6 is 11.8 Å². The Balaban J connectivity index is 3.23. The van der Waals surface area contributed by atoms with Crippen LogP contribution in [0.25, 0.3) is 0 Å². The summed E-state index contributed by atoms with van der Waals surface area (Å²) in [5.74, 6) is -0.0387. The van der Waals surface area contributed by atoms with Crippen molar-refractivity contribution in [3.05, 3.63) is 0 Å². The van der Waals surface area contributed by atoms with Gasteiger partial charge in [0.05, 0.1) is 6.26 Å². The molecule has 98 valence electrons. The van der Waals surface area contributed by atoms with Crippen LogP contribution in [0.2, 0.25) is 0 Å². The van der Waals surface area contributed by atoms with Gasteiger partial charge in [0.15, 0.2) is 0 Å². The fraction of sp³-hybridized carbons (Fsp3) is 1.00. The van der Waals surface area contributed by atoms with E-state index in [2.05, 4.69) is 10.0 Å². The van der Waals surface area contributed by atoms with Crippen LogP contribution in [0.3, 0.4) is 0 Å². The van der Waals surface area contributed by atoms with Gasteiger partial charge in [0, 0.05) is 18.8 Å². The minimum absolute atomic E-state index is 0.0387. The van der Waals surface area contributed by atoms with Gasteiger partial charge in [-0.25, -0.2) is 13.1 Å². The third kappa shape index (κ3) is 14.0. The second kappa shape index (κ2) is 7.36. The molecule has 0 fully saturated rings. The van der Waals surface area contributed by atoms with Crippen LogP contribution in [-0.2, 0) is 10.0 Å². The Morgan fingerprint density at radius 3 is 2.31 bits per heavy atom. The van der Waals surface area contributed by atoms with Gasteiger partial charge >= 0.3 is 5.51 Å². The van der Waals surface area contributed by atoms with E-state index >= 15 is 0 Å². The van der Waals surface area contributed by atoms with E-state index in [0.29, 0.717) is 13.0 Å². The molecule has 0 atom stereocenters. The van der Waals surface area contributed by atoms with Crippen LogP contribution < -0.4 is 10.0 Å². The number of nitrogens with one attached hydrogen (secondary N) is 2. The van der Waals surface area contributed by atoms with E-state index in [1.54, 1.807) is 0 Å². The lowest BCUT2D eigenvalue weighted by atomic mass is 10.4. The Morgan fingerprint density at radius 1 is 1.19 bits per heavy atom. The smallest absolute Gasteiger partial charge is 0.316 e. The summed E-state index contributed by atoms with van der Waals surface area (Å²) in [7, 11) is -3.17. The monoisotopic (exact) mass is 280 g/mol. The van der Waals surface area contributed by atoms with Crippen molar-refractivity contribution in [3.8, 4) is 0 Å². The molecule has 0 bridgehead atoms. The van der Waals surface area contributed by atoms with Gasteiger partial charge in [-0.05, 0) is 24.7 Å². The number of thioether (sulfide) groups is 1. The quantitative estimate of drug-likeness (QED) is 0.645. The average Bonchev–Trinajstić information content (AvgIpc) is 2.06. The highest BCUT2D eigenvalue weighted by Gasteiger charge is 2.27. The maximum atomic E-state index is 11.7. The van der Waals surface area contributed by atoms with Crippen LogP contribution in [0.15, 0.2) is 0 Å². The fourth-order valence-electron chi connectivity index (χ4n) is 0.835. The summed E-state index contributed by atoms with van der Waals surface area (Å²) < 4.78 is 58.5. The second-order valence-electron chi connectivity index (χ2n) is 3.06. The van der Waals surface area contributed by atoms with Crippen molar-refractivity contribution >= 4 is 21.8 Å². The molecule has 16 heavy (non-hydrogen) atoms. The summed E-state index contributed by atoms with van der Waals surface area (Å²) in [4.78, 5) is 0. The first kappa shape index (κ1) is 16.0. The van der Waals surface area contributed by atoms with Gasteiger partial charge < -0.3 is 5.32 Å². The van der Waals surface area contributed by atoms with Crippen molar-refractivity contribution in [1.29, 1.82) is 0 Å². The molecular weight excluding hydrogens is 265 g/mol. The molecule has 0 aliphatic heterocycles. The van der Waals surface area contributed by atoms with Crippen molar-refractivity contribution < 1.29 is 21.6 Å². The Hall–Kier alpha value is 0.01000. The molecule has 0 rings (SSSR count). The van der Waals surface area contributed by atoms with Crippen molar-refractivity contribution in [2.45, 2.75) is 11.9 Å². The zero-order chi connectivity index (χ0) is 12.7. The molecule has 0 aromatic rings. The van der Waals surface area contributed by atoms with Crippen molar-refractivity contribution in [1.82, 2.24) is 10.0 Å². The normalized spacial score (nSPS) is 13.0.